The summed E-state index contributed by atoms with van der Waals surface area (Å²) in [6.07, 6.45) is 5.57. The second kappa shape index (κ2) is 7.35. The molecule has 0 radical (unpaired) electrons. The van der Waals surface area contributed by atoms with Crippen LogP contribution in [0.4, 0.5) is 0 Å². The summed E-state index contributed by atoms with van der Waals surface area (Å²) < 4.78 is 0. The molecule has 0 saturated heterocycles. The molecule has 1 aliphatic carbocycles. The molecule has 106 valence electrons. The van der Waals surface area contributed by atoms with Crippen LogP contribution in [0.3, 0.4) is 0 Å². The Morgan fingerprint density at radius 2 is 2.11 bits per heavy atom. The van der Waals surface area contributed by atoms with Crippen molar-refractivity contribution in [3.63, 3.8) is 0 Å². The summed E-state index contributed by atoms with van der Waals surface area (Å²) in [5.41, 5.74) is 2.80. The lowest BCUT2D eigenvalue weighted by atomic mass is 10.0. The summed E-state index contributed by atoms with van der Waals surface area (Å²) in [7, 11) is 0. The van der Waals surface area contributed by atoms with Crippen LogP contribution in [0, 0.1) is 19.8 Å². The van der Waals surface area contributed by atoms with Crippen LogP contribution in [0.25, 0.3) is 0 Å². The van der Waals surface area contributed by atoms with Crippen LogP contribution in [-0.4, -0.2) is 18.3 Å². The van der Waals surface area contributed by atoms with Crippen molar-refractivity contribution in [3.8, 4) is 0 Å². The van der Waals surface area contributed by atoms with E-state index in [1.54, 1.807) is 0 Å². The topological polar surface area (TPSA) is 12.0 Å². The fraction of sp³-hybridized carbons (Fsp3) is 0.647. The predicted molar refractivity (Wildman–Crippen MR) is 86.1 cm³/mol. The number of thioether (sulfide) groups is 1. The van der Waals surface area contributed by atoms with Crippen LogP contribution in [0.2, 0.25) is 0 Å². The molecular weight excluding hydrogens is 250 g/mol. The molecule has 1 saturated carbocycles. The molecule has 0 bridgehead atoms. The monoisotopic (exact) mass is 277 g/mol. The van der Waals surface area contributed by atoms with Crippen molar-refractivity contribution in [1.82, 2.24) is 5.32 Å². The maximum atomic E-state index is 3.65. The summed E-state index contributed by atoms with van der Waals surface area (Å²) in [4.78, 5) is 1.46. The first kappa shape index (κ1) is 14.9. The van der Waals surface area contributed by atoms with Crippen LogP contribution in [0.5, 0.6) is 0 Å². The van der Waals surface area contributed by atoms with Crippen LogP contribution in [0.1, 0.15) is 43.7 Å². The number of aryl methyl sites for hydroxylation is 2. The van der Waals surface area contributed by atoms with E-state index in [-0.39, 0.29) is 0 Å². The average Bonchev–Trinajstić information content (AvgIpc) is 2.80. The first-order valence-corrected chi connectivity index (χ1v) is 8.62. The van der Waals surface area contributed by atoms with E-state index in [1.807, 2.05) is 11.8 Å². The van der Waals surface area contributed by atoms with Gasteiger partial charge in [-0.15, -0.1) is 11.8 Å². The molecule has 0 aliphatic heterocycles. The molecule has 1 aromatic carbocycles. The van der Waals surface area contributed by atoms with Crippen molar-refractivity contribution in [2.75, 3.05) is 12.3 Å². The minimum atomic E-state index is 0.782. The highest BCUT2D eigenvalue weighted by atomic mass is 32.2. The van der Waals surface area contributed by atoms with Crippen molar-refractivity contribution >= 4 is 11.8 Å². The molecule has 2 rings (SSSR count). The van der Waals surface area contributed by atoms with Gasteiger partial charge in [-0.3, -0.25) is 0 Å². The Morgan fingerprint density at radius 1 is 1.26 bits per heavy atom. The fourth-order valence-corrected chi connectivity index (χ4v) is 4.29. The molecule has 1 fully saturated rings. The molecule has 1 N–H and O–H groups in total. The lowest BCUT2D eigenvalue weighted by molar-refractivity contribution is 0.400. The molecule has 2 unspecified atom stereocenters. The Hall–Kier alpha value is -0.470. The maximum Gasteiger partial charge on any atom is 0.0101 e. The van der Waals surface area contributed by atoms with Crippen molar-refractivity contribution < 1.29 is 0 Å². The Balaban J connectivity index is 1.79. The van der Waals surface area contributed by atoms with Gasteiger partial charge < -0.3 is 5.32 Å². The average molecular weight is 277 g/mol. The van der Waals surface area contributed by atoms with Crippen LogP contribution < -0.4 is 5.32 Å². The van der Waals surface area contributed by atoms with E-state index < -0.39 is 0 Å². The van der Waals surface area contributed by atoms with E-state index in [2.05, 4.69) is 44.3 Å². The van der Waals surface area contributed by atoms with Crippen molar-refractivity contribution in [2.24, 2.45) is 5.92 Å². The van der Waals surface area contributed by atoms with Gasteiger partial charge in [0.25, 0.3) is 0 Å². The molecule has 19 heavy (non-hydrogen) atoms. The van der Waals surface area contributed by atoms with E-state index in [4.69, 9.17) is 0 Å². The van der Waals surface area contributed by atoms with Gasteiger partial charge in [-0.25, -0.2) is 0 Å². The van der Waals surface area contributed by atoms with E-state index in [1.165, 1.54) is 47.5 Å². The summed E-state index contributed by atoms with van der Waals surface area (Å²) in [5, 5.41) is 3.65. The molecule has 1 nitrogen and oxygen atoms in total. The standard InChI is InChI=1S/C17H27NS/c1-4-18-16-7-5-6-15(16)10-11-19-17-9-8-13(2)12-14(17)3/h8-9,12,15-16,18H,4-7,10-11H2,1-3H3. The van der Waals surface area contributed by atoms with E-state index in [9.17, 15) is 0 Å². The fourth-order valence-electron chi connectivity index (χ4n) is 3.19. The zero-order valence-electron chi connectivity index (χ0n) is 12.5. The van der Waals surface area contributed by atoms with Crippen LogP contribution in [0.15, 0.2) is 23.1 Å². The van der Waals surface area contributed by atoms with Gasteiger partial charge in [0.05, 0.1) is 0 Å². The SMILES string of the molecule is CCNC1CCCC1CCSc1ccc(C)cc1C. The second-order valence-corrected chi connectivity index (χ2v) is 6.90. The van der Waals surface area contributed by atoms with Gasteiger partial charge in [-0.2, -0.15) is 0 Å². The van der Waals surface area contributed by atoms with Gasteiger partial charge in [0, 0.05) is 10.9 Å². The highest BCUT2D eigenvalue weighted by Crippen LogP contribution is 2.31. The molecule has 0 amide bonds. The molecule has 2 atom stereocenters. The van der Waals surface area contributed by atoms with Crippen molar-refractivity contribution in [2.45, 2.75) is 57.4 Å². The second-order valence-electron chi connectivity index (χ2n) is 5.76. The lowest BCUT2D eigenvalue weighted by Crippen LogP contribution is -2.32. The highest BCUT2D eigenvalue weighted by molar-refractivity contribution is 7.99. The normalized spacial score (nSPS) is 22.9. The van der Waals surface area contributed by atoms with E-state index >= 15 is 0 Å². The predicted octanol–water partition coefficient (Wildman–Crippen LogP) is 4.56. The molecule has 0 heterocycles. The molecular formula is C17H27NS. The molecule has 1 aromatic rings. The summed E-state index contributed by atoms with van der Waals surface area (Å²) in [5.74, 6) is 2.16. The molecule has 0 aromatic heterocycles. The minimum absolute atomic E-state index is 0.782. The van der Waals surface area contributed by atoms with Gasteiger partial charge in [0.15, 0.2) is 0 Å². The number of benzene rings is 1. The lowest BCUT2D eigenvalue weighted by Gasteiger charge is -2.20. The zero-order valence-corrected chi connectivity index (χ0v) is 13.4. The Bertz CT molecular complexity index is 402. The highest BCUT2D eigenvalue weighted by Gasteiger charge is 2.25. The number of nitrogens with one attached hydrogen (secondary N) is 1. The Morgan fingerprint density at radius 3 is 2.84 bits per heavy atom. The van der Waals surface area contributed by atoms with Crippen molar-refractivity contribution in [1.29, 1.82) is 0 Å². The van der Waals surface area contributed by atoms with Crippen LogP contribution >= 0.6 is 11.8 Å². The van der Waals surface area contributed by atoms with Gasteiger partial charge in [-0.05, 0) is 63.0 Å². The third-order valence-electron chi connectivity index (χ3n) is 4.20. The smallest absolute Gasteiger partial charge is 0.0101 e. The number of rotatable bonds is 6. The largest absolute Gasteiger partial charge is 0.314 e. The first-order valence-electron chi connectivity index (χ1n) is 7.64. The molecule has 1 aliphatic rings. The number of hydrogen-bond acceptors (Lipinski definition) is 2. The Kier molecular flexibility index (Phi) is 5.77. The molecule has 0 spiro atoms. The van der Waals surface area contributed by atoms with Gasteiger partial charge in [-0.1, -0.05) is 31.0 Å². The quantitative estimate of drug-likeness (QED) is 0.765. The van der Waals surface area contributed by atoms with Gasteiger partial charge >= 0.3 is 0 Å². The maximum absolute atomic E-state index is 3.65. The Labute approximate surface area is 122 Å². The van der Waals surface area contributed by atoms with Gasteiger partial charge in [0.2, 0.25) is 0 Å². The number of hydrogen-bond donors (Lipinski definition) is 1. The first-order chi connectivity index (χ1) is 9.20. The summed E-state index contributed by atoms with van der Waals surface area (Å²) in [6.45, 7) is 7.73. The van der Waals surface area contributed by atoms with Gasteiger partial charge in [0.1, 0.15) is 0 Å². The van der Waals surface area contributed by atoms with Crippen molar-refractivity contribution in [3.05, 3.63) is 29.3 Å². The van der Waals surface area contributed by atoms with E-state index in [0.29, 0.717) is 0 Å². The minimum Gasteiger partial charge on any atom is -0.314 e. The summed E-state index contributed by atoms with van der Waals surface area (Å²) in [6, 6.07) is 7.59. The zero-order chi connectivity index (χ0) is 13.7. The summed E-state index contributed by atoms with van der Waals surface area (Å²) >= 11 is 2.03. The third-order valence-corrected chi connectivity index (χ3v) is 5.41. The van der Waals surface area contributed by atoms with E-state index in [0.717, 1.165) is 18.5 Å². The molecule has 2 heteroatoms. The third kappa shape index (κ3) is 4.25. The van der Waals surface area contributed by atoms with Crippen LogP contribution in [-0.2, 0) is 0 Å².